The van der Waals surface area contributed by atoms with Crippen LogP contribution in [0, 0.1) is 11.3 Å². The molecule has 0 bridgehead atoms. The summed E-state index contributed by atoms with van der Waals surface area (Å²) in [6.07, 6.45) is 8.69. The predicted molar refractivity (Wildman–Crippen MR) is 89.7 cm³/mol. The Hall–Kier alpha value is 0.423. The summed E-state index contributed by atoms with van der Waals surface area (Å²) in [5, 5.41) is 0. The summed E-state index contributed by atoms with van der Waals surface area (Å²) in [4.78, 5) is 0. The van der Waals surface area contributed by atoms with Crippen LogP contribution >= 0.6 is 0 Å². The van der Waals surface area contributed by atoms with Crippen LogP contribution in [0.2, 0.25) is 0 Å². The summed E-state index contributed by atoms with van der Waals surface area (Å²) in [6.45, 7) is 16.6. The number of hydrogen-bond donors (Lipinski definition) is 0. The van der Waals surface area contributed by atoms with E-state index in [1.54, 1.807) is 22.3 Å². The van der Waals surface area contributed by atoms with Crippen molar-refractivity contribution in [2.24, 2.45) is 11.3 Å². The van der Waals surface area contributed by atoms with Gasteiger partial charge >= 0.3 is 143 Å². The smallest absolute Gasteiger partial charge is 1.00 e. The zero-order chi connectivity index (χ0) is 15.8. The molecule has 0 aliphatic heterocycles. The van der Waals surface area contributed by atoms with E-state index in [1.807, 2.05) is 6.56 Å². The van der Waals surface area contributed by atoms with Crippen molar-refractivity contribution in [3.63, 3.8) is 0 Å². The topological polar surface area (TPSA) is 0 Å². The van der Waals surface area contributed by atoms with Gasteiger partial charge in [-0.1, -0.05) is 0 Å². The van der Waals surface area contributed by atoms with E-state index < -0.39 is 23.2 Å². The van der Waals surface area contributed by atoms with Crippen molar-refractivity contribution in [3.8, 4) is 0 Å². The summed E-state index contributed by atoms with van der Waals surface area (Å²) in [6, 6.07) is 0. The Balaban J connectivity index is 0.00000242. The molecule has 0 aromatic heterocycles. The zero-order valence-corrected chi connectivity index (χ0v) is 19.6. The maximum atomic E-state index is 2.44. The summed E-state index contributed by atoms with van der Waals surface area (Å²) in [5.41, 5.74) is 6.79. The normalized spacial score (nSPS) is 19.3. The van der Waals surface area contributed by atoms with Crippen molar-refractivity contribution in [3.05, 3.63) is 41.0 Å². The molecule has 0 spiro atoms. The van der Waals surface area contributed by atoms with Gasteiger partial charge in [0.1, 0.15) is 0 Å². The van der Waals surface area contributed by atoms with Gasteiger partial charge in [0, 0.05) is 0 Å². The van der Waals surface area contributed by atoms with Gasteiger partial charge in [0.05, 0.1) is 0 Å². The Kier molecular flexibility index (Phi) is 9.38. The Bertz CT molecular complexity index is 560. The molecule has 0 N–H and O–H groups in total. The van der Waals surface area contributed by atoms with Crippen LogP contribution in [0.25, 0.3) is 0 Å². The van der Waals surface area contributed by atoms with Crippen molar-refractivity contribution in [1.82, 2.24) is 0 Å². The van der Waals surface area contributed by atoms with Gasteiger partial charge < -0.3 is 24.8 Å². The standard InChI is InChI=1S/2C10H15.2ClH.Zr/c1-7-6-10(4,5)9(3)8(7)2;1-9(2)7-8-10-5-3-4-6-10;;;/h1-5H3;3,5,9H,4,7-8H2,1-2H3;2*1H;/q;;;;+2/p-2. The molecule has 0 unspecified atom stereocenters. The van der Waals surface area contributed by atoms with Gasteiger partial charge in [-0.25, -0.2) is 0 Å². The molecule has 0 aromatic carbocycles. The Morgan fingerprint density at radius 2 is 1.70 bits per heavy atom. The van der Waals surface area contributed by atoms with Crippen molar-refractivity contribution in [2.45, 2.75) is 67.7 Å². The molecule has 0 fully saturated rings. The fourth-order valence-corrected chi connectivity index (χ4v) is 7.69. The van der Waals surface area contributed by atoms with E-state index in [4.69, 9.17) is 0 Å². The first-order chi connectivity index (χ1) is 9.75. The van der Waals surface area contributed by atoms with Crippen LogP contribution in [0.4, 0.5) is 0 Å². The molecule has 2 aliphatic carbocycles. The van der Waals surface area contributed by atoms with Crippen LogP contribution in [0.3, 0.4) is 0 Å². The second-order valence-corrected chi connectivity index (χ2v) is 10.9. The van der Waals surface area contributed by atoms with Gasteiger partial charge in [0.25, 0.3) is 0 Å². The predicted octanol–water partition coefficient (Wildman–Crippen LogP) is 0.377. The minimum atomic E-state index is -0.616. The first kappa shape index (κ1) is 23.4. The van der Waals surface area contributed by atoms with E-state index in [2.05, 4.69) is 60.6 Å². The molecule has 0 radical (unpaired) electrons. The van der Waals surface area contributed by atoms with Crippen LogP contribution in [0.5, 0.6) is 0 Å². The summed E-state index contributed by atoms with van der Waals surface area (Å²) in [5.74, 6) is 0.813. The van der Waals surface area contributed by atoms with Crippen molar-refractivity contribution < 1.29 is 48.0 Å². The molecule has 0 saturated carbocycles. The minimum Gasteiger partial charge on any atom is -1.00 e. The van der Waals surface area contributed by atoms with Gasteiger partial charge in [-0.3, -0.25) is 0 Å². The quantitative estimate of drug-likeness (QED) is 0.589. The second-order valence-electron chi connectivity index (χ2n) is 7.54. The van der Waals surface area contributed by atoms with Gasteiger partial charge in [-0.05, 0) is 0 Å². The Morgan fingerprint density at radius 3 is 2.17 bits per heavy atom. The average Bonchev–Trinajstić information content (AvgIpc) is 2.91. The van der Waals surface area contributed by atoms with E-state index >= 15 is 0 Å². The summed E-state index contributed by atoms with van der Waals surface area (Å²) >= 11 is -0.616. The van der Waals surface area contributed by atoms with Crippen LogP contribution in [-0.4, -0.2) is 0 Å². The zero-order valence-electron chi connectivity index (χ0n) is 15.6. The molecular formula is C20H30Cl2Zr. The first-order valence-electron chi connectivity index (χ1n) is 8.30. The number of hydrogen-bond acceptors (Lipinski definition) is 0. The SMILES string of the molecule is CC1=C(C)C(C)(C)[C]([Zr+2][C]2=C(CCC(C)C)C=CC2)=C1C.[Cl-].[Cl-]. The molecule has 128 valence electrons. The number of rotatable bonds is 5. The fraction of sp³-hybridized carbons (Fsp3) is 0.600. The molecule has 2 aliphatic rings. The molecule has 0 aromatic rings. The maximum Gasteiger partial charge on any atom is -1.00 e. The third-order valence-corrected chi connectivity index (χ3v) is 10.5. The molecule has 3 heteroatoms. The van der Waals surface area contributed by atoms with E-state index in [9.17, 15) is 0 Å². The van der Waals surface area contributed by atoms with Crippen molar-refractivity contribution in [1.29, 1.82) is 0 Å². The maximum absolute atomic E-state index is 2.44. The number of allylic oxidation sites excluding steroid dienone is 8. The first-order valence-corrected chi connectivity index (χ1v) is 10.8. The molecule has 0 heterocycles. The van der Waals surface area contributed by atoms with Gasteiger partial charge in [-0.2, -0.15) is 0 Å². The molecule has 0 nitrogen and oxygen atoms in total. The van der Waals surface area contributed by atoms with Crippen LogP contribution in [-0.2, 0) is 23.2 Å². The molecule has 0 atom stereocenters. The second kappa shape index (κ2) is 9.21. The van der Waals surface area contributed by atoms with E-state index in [1.165, 1.54) is 19.3 Å². The summed E-state index contributed by atoms with van der Waals surface area (Å²) < 4.78 is 3.66. The van der Waals surface area contributed by atoms with Gasteiger partial charge in [0.2, 0.25) is 0 Å². The monoisotopic (exact) mass is 430 g/mol. The fourth-order valence-electron chi connectivity index (χ4n) is 3.36. The third kappa shape index (κ3) is 4.96. The van der Waals surface area contributed by atoms with E-state index in [-0.39, 0.29) is 24.8 Å². The van der Waals surface area contributed by atoms with Gasteiger partial charge in [0.15, 0.2) is 0 Å². The largest absolute Gasteiger partial charge is 1.00 e. The van der Waals surface area contributed by atoms with Crippen molar-refractivity contribution in [2.75, 3.05) is 0 Å². The molecule has 23 heavy (non-hydrogen) atoms. The molecule has 0 saturated heterocycles. The third-order valence-electron chi connectivity index (χ3n) is 5.36. The Labute approximate surface area is 167 Å². The molecule has 0 amide bonds. The van der Waals surface area contributed by atoms with Crippen LogP contribution < -0.4 is 24.8 Å². The average molecular weight is 433 g/mol. The van der Waals surface area contributed by atoms with Gasteiger partial charge in [-0.15, -0.1) is 0 Å². The molecular weight excluding hydrogens is 402 g/mol. The van der Waals surface area contributed by atoms with Crippen LogP contribution in [0.15, 0.2) is 41.0 Å². The molecule has 2 rings (SSSR count). The number of halogens is 2. The van der Waals surface area contributed by atoms with E-state index in [0.717, 1.165) is 5.92 Å². The minimum absolute atomic E-state index is 0. The Morgan fingerprint density at radius 1 is 1.09 bits per heavy atom. The van der Waals surface area contributed by atoms with Crippen LogP contribution in [0.1, 0.15) is 67.7 Å². The summed E-state index contributed by atoms with van der Waals surface area (Å²) in [7, 11) is 0. The van der Waals surface area contributed by atoms with E-state index in [0.29, 0.717) is 5.41 Å². The van der Waals surface area contributed by atoms with Crippen molar-refractivity contribution >= 4 is 0 Å².